The molecule has 0 aliphatic carbocycles. The molecule has 5 nitrogen and oxygen atoms in total. The zero-order chi connectivity index (χ0) is 18.2. The molecule has 1 amide bonds. The van der Waals surface area contributed by atoms with Crippen molar-refractivity contribution in [2.45, 2.75) is 13.0 Å². The maximum absolute atomic E-state index is 12.4. The minimum Gasteiger partial charge on any atom is -0.496 e. The molecule has 1 N–H and O–H groups in total. The lowest BCUT2D eigenvalue weighted by molar-refractivity contribution is 0.0941. The summed E-state index contributed by atoms with van der Waals surface area (Å²) < 4.78 is 10.9. The average molecular weight is 342 g/mol. The minimum absolute atomic E-state index is 0.0165. The van der Waals surface area contributed by atoms with E-state index in [9.17, 15) is 4.79 Å². The molecule has 0 saturated carbocycles. The molecule has 1 atom stereocenters. The van der Waals surface area contributed by atoms with Crippen LogP contribution in [0, 0.1) is 0 Å². The number of nitrogens with one attached hydrogen (secondary N) is 1. The standard InChI is InChI=1S/C20H26N2O3/c1-5-25-16-12-10-15(11-13-16)20(23)21-14-18(22(2)3)17-8-6-7-9-19(17)24-4/h6-13,18H,5,14H2,1-4H3,(H,21,23)/t18-/m1/s1. The summed E-state index contributed by atoms with van der Waals surface area (Å²) in [5.74, 6) is 1.47. The lowest BCUT2D eigenvalue weighted by atomic mass is 10.0. The molecule has 0 heterocycles. The Labute approximate surface area is 149 Å². The van der Waals surface area contributed by atoms with E-state index < -0.39 is 0 Å². The number of nitrogens with zero attached hydrogens (tertiary/aromatic N) is 1. The summed E-state index contributed by atoms with van der Waals surface area (Å²) in [7, 11) is 5.63. The van der Waals surface area contributed by atoms with E-state index in [0.29, 0.717) is 18.7 Å². The third-order valence-electron chi connectivity index (χ3n) is 4.00. The molecule has 2 aromatic rings. The number of ether oxygens (including phenoxy) is 2. The van der Waals surface area contributed by atoms with E-state index in [-0.39, 0.29) is 11.9 Å². The van der Waals surface area contributed by atoms with Crippen LogP contribution in [0.2, 0.25) is 0 Å². The molecule has 134 valence electrons. The van der Waals surface area contributed by atoms with E-state index >= 15 is 0 Å². The van der Waals surface area contributed by atoms with Crippen LogP contribution < -0.4 is 14.8 Å². The van der Waals surface area contributed by atoms with E-state index in [1.54, 1.807) is 19.2 Å². The van der Waals surface area contributed by atoms with Gasteiger partial charge in [0.25, 0.3) is 5.91 Å². The zero-order valence-corrected chi connectivity index (χ0v) is 15.3. The highest BCUT2D eigenvalue weighted by atomic mass is 16.5. The number of likely N-dealkylation sites (N-methyl/N-ethyl adjacent to an activating group) is 1. The Morgan fingerprint density at radius 3 is 2.40 bits per heavy atom. The Morgan fingerprint density at radius 2 is 1.80 bits per heavy atom. The van der Waals surface area contributed by atoms with Crippen molar-refractivity contribution in [3.05, 3.63) is 59.7 Å². The number of carbonyl (C=O) groups excluding carboxylic acids is 1. The Hall–Kier alpha value is -2.53. The predicted octanol–water partition coefficient (Wildman–Crippen LogP) is 3.13. The van der Waals surface area contributed by atoms with Crippen LogP contribution in [0.15, 0.2) is 48.5 Å². The fraction of sp³-hybridized carbons (Fsp3) is 0.350. The van der Waals surface area contributed by atoms with Gasteiger partial charge in [0.2, 0.25) is 0 Å². The van der Waals surface area contributed by atoms with Crippen molar-refractivity contribution in [2.24, 2.45) is 0 Å². The molecule has 0 radical (unpaired) electrons. The van der Waals surface area contributed by atoms with Gasteiger partial charge in [0, 0.05) is 17.7 Å². The highest BCUT2D eigenvalue weighted by molar-refractivity contribution is 5.94. The smallest absolute Gasteiger partial charge is 0.251 e. The lowest BCUT2D eigenvalue weighted by Gasteiger charge is -2.26. The molecule has 0 unspecified atom stereocenters. The Bertz CT molecular complexity index is 684. The molecule has 0 aliphatic rings. The zero-order valence-electron chi connectivity index (χ0n) is 15.3. The maximum Gasteiger partial charge on any atom is 0.251 e. The summed E-state index contributed by atoms with van der Waals surface area (Å²) in [6.07, 6.45) is 0. The van der Waals surface area contributed by atoms with Gasteiger partial charge >= 0.3 is 0 Å². The number of benzene rings is 2. The number of hydrogen-bond donors (Lipinski definition) is 1. The quantitative estimate of drug-likeness (QED) is 0.801. The van der Waals surface area contributed by atoms with E-state index in [1.165, 1.54) is 0 Å². The molecule has 2 aromatic carbocycles. The SMILES string of the molecule is CCOc1ccc(C(=O)NC[C@H](c2ccccc2OC)N(C)C)cc1. The summed E-state index contributed by atoms with van der Waals surface area (Å²) in [5.41, 5.74) is 1.66. The first-order chi connectivity index (χ1) is 12.1. The van der Waals surface area contributed by atoms with E-state index in [0.717, 1.165) is 17.1 Å². The van der Waals surface area contributed by atoms with Gasteiger partial charge in [-0.3, -0.25) is 4.79 Å². The Morgan fingerprint density at radius 1 is 1.12 bits per heavy atom. The van der Waals surface area contributed by atoms with Crippen LogP contribution in [0.25, 0.3) is 0 Å². The molecular formula is C20H26N2O3. The number of carbonyl (C=O) groups is 1. The first kappa shape index (κ1) is 18.8. The fourth-order valence-electron chi connectivity index (χ4n) is 2.67. The normalized spacial score (nSPS) is 11.9. The molecule has 0 fully saturated rings. The van der Waals surface area contributed by atoms with Crippen molar-refractivity contribution in [1.29, 1.82) is 0 Å². The van der Waals surface area contributed by atoms with Crippen LogP contribution in [0.4, 0.5) is 0 Å². The highest BCUT2D eigenvalue weighted by Gasteiger charge is 2.19. The molecule has 0 saturated heterocycles. The second-order valence-corrected chi connectivity index (χ2v) is 5.89. The van der Waals surface area contributed by atoms with Crippen molar-refractivity contribution in [2.75, 3.05) is 34.4 Å². The first-order valence-electron chi connectivity index (χ1n) is 8.37. The molecule has 0 bridgehead atoms. The number of para-hydroxylation sites is 1. The molecule has 25 heavy (non-hydrogen) atoms. The van der Waals surface area contributed by atoms with E-state index in [2.05, 4.69) is 10.2 Å². The van der Waals surface area contributed by atoms with Gasteiger partial charge in [-0.2, -0.15) is 0 Å². The third kappa shape index (κ3) is 4.97. The van der Waals surface area contributed by atoms with Crippen molar-refractivity contribution >= 4 is 5.91 Å². The van der Waals surface area contributed by atoms with Gasteiger partial charge in [-0.15, -0.1) is 0 Å². The molecule has 5 heteroatoms. The van der Waals surface area contributed by atoms with Gasteiger partial charge in [0.15, 0.2) is 0 Å². The van der Waals surface area contributed by atoms with Crippen molar-refractivity contribution in [3.63, 3.8) is 0 Å². The topological polar surface area (TPSA) is 50.8 Å². The van der Waals surface area contributed by atoms with Crippen LogP contribution in [0.5, 0.6) is 11.5 Å². The molecule has 0 aromatic heterocycles. The highest BCUT2D eigenvalue weighted by Crippen LogP contribution is 2.27. The second-order valence-electron chi connectivity index (χ2n) is 5.89. The van der Waals surface area contributed by atoms with Gasteiger partial charge in [-0.25, -0.2) is 0 Å². The summed E-state index contributed by atoms with van der Waals surface area (Å²) in [5, 5.41) is 3.00. The molecule has 0 aliphatic heterocycles. The van der Waals surface area contributed by atoms with Crippen molar-refractivity contribution < 1.29 is 14.3 Å². The summed E-state index contributed by atoms with van der Waals surface area (Å²) in [4.78, 5) is 14.5. The van der Waals surface area contributed by atoms with Crippen molar-refractivity contribution in [1.82, 2.24) is 10.2 Å². The van der Waals surface area contributed by atoms with Gasteiger partial charge in [0.1, 0.15) is 11.5 Å². The number of methoxy groups -OCH3 is 1. The molecule has 0 spiro atoms. The number of rotatable bonds is 8. The van der Waals surface area contributed by atoms with Gasteiger partial charge < -0.3 is 19.7 Å². The Balaban J connectivity index is 2.06. The summed E-state index contributed by atoms with van der Waals surface area (Å²) >= 11 is 0. The number of hydrogen-bond acceptors (Lipinski definition) is 4. The predicted molar refractivity (Wildman–Crippen MR) is 99.4 cm³/mol. The minimum atomic E-state index is -0.107. The van der Waals surface area contributed by atoms with Crippen LogP contribution in [0.3, 0.4) is 0 Å². The largest absolute Gasteiger partial charge is 0.496 e. The second kappa shape index (κ2) is 9.08. The van der Waals surface area contributed by atoms with E-state index in [1.807, 2.05) is 57.4 Å². The van der Waals surface area contributed by atoms with Gasteiger partial charge in [0.05, 0.1) is 19.8 Å². The third-order valence-corrected chi connectivity index (χ3v) is 4.00. The number of amides is 1. The van der Waals surface area contributed by atoms with Gasteiger partial charge in [-0.05, 0) is 51.4 Å². The monoisotopic (exact) mass is 342 g/mol. The maximum atomic E-state index is 12.4. The lowest BCUT2D eigenvalue weighted by Crippen LogP contribution is -2.34. The average Bonchev–Trinajstić information content (AvgIpc) is 2.62. The van der Waals surface area contributed by atoms with Crippen LogP contribution >= 0.6 is 0 Å². The summed E-state index contributed by atoms with van der Waals surface area (Å²) in [6, 6.07) is 15.0. The fourth-order valence-corrected chi connectivity index (χ4v) is 2.67. The van der Waals surface area contributed by atoms with E-state index in [4.69, 9.17) is 9.47 Å². The molecule has 2 rings (SSSR count). The van der Waals surface area contributed by atoms with Crippen LogP contribution in [-0.4, -0.2) is 45.2 Å². The van der Waals surface area contributed by atoms with Crippen molar-refractivity contribution in [3.8, 4) is 11.5 Å². The summed E-state index contributed by atoms with van der Waals surface area (Å²) in [6.45, 7) is 3.02. The first-order valence-corrected chi connectivity index (χ1v) is 8.37. The Kier molecular flexibility index (Phi) is 6.83. The van der Waals surface area contributed by atoms with Crippen LogP contribution in [-0.2, 0) is 0 Å². The van der Waals surface area contributed by atoms with Crippen LogP contribution in [0.1, 0.15) is 28.9 Å². The molecular weight excluding hydrogens is 316 g/mol. The van der Waals surface area contributed by atoms with Gasteiger partial charge in [-0.1, -0.05) is 18.2 Å².